The van der Waals surface area contributed by atoms with E-state index >= 15 is 0 Å². The van der Waals surface area contributed by atoms with Gasteiger partial charge in [-0.05, 0) is 47.4 Å². The molecule has 0 radical (unpaired) electrons. The number of thioether (sulfide) groups is 1. The van der Waals surface area contributed by atoms with Gasteiger partial charge in [0.2, 0.25) is 5.91 Å². The molecule has 0 fully saturated rings. The largest absolute Gasteiger partial charge is 0.286 e. The maximum absolute atomic E-state index is 11.1. The van der Waals surface area contributed by atoms with Crippen LogP contribution >= 0.6 is 11.8 Å². The molecule has 0 bridgehead atoms. The molecule has 1 amide bonds. The molecule has 0 saturated carbocycles. The second-order valence-corrected chi connectivity index (χ2v) is 6.76. The van der Waals surface area contributed by atoms with Gasteiger partial charge in [-0.1, -0.05) is 48.2 Å². The summed E-state index contributed by atoms with van der Waals surface area (Å²) in [4.78, 5) is 13.6. The maximum atomic E-state index is 11.1. The molecular weight excluding hydrogens is 306 g/mol. The van der Waals surface area contributed by atoms with Gasteiger partial charge in [-0.2, -0.15) is 0 Å². The minimum Gasteiger partial charge on any atom is -0.286 e. The van der Waals surface area contributed by atoms with Gasteiger partial charge >= 0.3 is 0 Å². The van der Waals surface area contributed by atoms with Crippen LogP contribution in [0.5, 0.6) is 0 Å². The number of hydrogen-bond donors (Lipinski definition) is 1. The van der Waals surface area contributed by atoms with Crippen molar-refractivity contribution in [1.29, 1.82) is 0 Å². The van der Waals surface area contributed by atoms with Crippen molar-refractivity contribution in [3.05, 3.63) is 65.1 Å². The minimum atomic E-state index is -0.356. The first-order valence-electron chi connectivity index (χ1n) is 7.66. The average molecular weight is 325 g/mol. The lowest BCUT2D eigenvalue weighted by Crippen LogP contribution is -2.23. The third-order valence-electron chi connectivity index (χ3n) is 3.77. The Morgan fingerprint density at radius 2 is 2.00 bits per heavy atom. The molecule has 0 aromatic heterocycles. The minimum absolute atomic E-state index is 0.205. The van der Waals surface area contributed by atoms with Gasteiger partial charge in [-0.15, -0.1) is 0 Å². The summed E-state index contributed by atoms with van der Waals surface area (Å²) in [6, 6.07) is 12.4. The Kier molecular flexibility index (Phi) is 4.84. The van der Waals surface area contributed by atoms with E-state index in [1.807, 2.05) is 18.2 Å². The van der Waals surface area contributed by atoms with E-state index in [2.05, 4.69) is 36.4 Å². The number of hydrogen-bond acceptors (Lipinski definition) is 3. The van der Waals surface area contributed by atoms with E-state index < -0.39 is 0 Å². The fraction of sp³-hybridized carbons (Fsp3) is 0.211. The number of benzene rings is 2. The topological polar surface area (TPSA) is 40.5 Å². The summed E-state index contributed by atoms with van der Waals surface area (Å²) in [5, 5.41) is 12.6. The number of amides is 1. The smallest absolute Gasteiger partial charge is 0.243 e. The van der Waals surface area contributed by atoms with E-state index in [4.69, 9.17) is 0 Å². The van der Waals surface area contributed by atoms with Crippen LogP contribution in [0.25, 0.3) is 10.8 Å². The lowest BCUT2D eigenvalue weighted by atomic mass is 10.1. The summed E-state index contributed by atoms with van der Waals surface area (Å²) >= 11 is 1.76. The summed E-state index contributed by atoms with van der Waals surface area (Å²) in [7, 11) is 0. The lowest BCUT2D eigenvalue weighted by molar-refractivity contribution is -0.165. The van der Waals surface area contributed by atoms with E-state index in [-0.39, 0.29) is 12.5 Å². The van der Waals surface area contributed by atoms with Gasteiger partial charge in [0.1, 0.15) is 0 Å². The number of hydroxylamine groups is 2. The first-order valence-corrected chi connectivity index (χ1v) is 8.48. The molecular formula is C19H19NO2S. The van der Waals surface area contributed by atoms with Crippen LogP contribution in [0.4, 0.5) is 0 Å². The van der Waals surface area contributed by atoms with Crippen LogP contribution in [-0.2, 0) is 11.3 Å². The number of rotatable bonds is 4. The molecule has 3 rings (SSSR count). The van der Waals surface area contributed by atoms with Crippen molar-refractivity contribution in [2.75, 3.05) is 0 Å². The van der Waals surface area contributed by atoms with Crippen LogP contribution in [0.3, 0.4) is 0 Å². The molecule has 0 heterocycles. The molecule has 23 heavy (non-hydrogen) atoms. The predicted molar refractivity (Wildman–Crippen MR) is 94.3 cm³/mol. The Hall–Kier alpha value is -2.04. The molecule has 0 unspecified atom stereocenters. The Morgan fingerprint density at radius 3 is 2.74 bits per heavy atom. The van der Waals surface area contributed by atoms with Crippen molar-refractivity contribution in [3.63, 3.8) is 0 Å². The second kappa shape index (κ2) is 7.02. The van der Waals surface area contributed by atoms with E-state index in [1.165, 1.54) is 16.7 Å². The Labute approximate surface area is 140 Å². The van der Waals surface area contributed by atoms with Gasteiger partial charge < -0.3 is 0 Å². The van der Waals surface area contributed by atoms with Gasteiger partial charge in [0, 0.05) is 16.7 Å². The van der Waals surface area contributed by atoms with Crippen LogP contribution in [0, 0.1) is 0 Å². The molecule has 1 N–H and O–H groups in total. The average Bonchev–Trinajstić information content (AvgIpc) is 2.55. The molecule has 0 aliphatic heterocycles. The zero-order valence-corrected chi connectivity index (χ0v) is 13.8. The molecule has 1 aliphatic rings. The van der Waals surface area contributed by atoms with Gasteiger partial charge in [0.15, 0.2) is 0 Å². The van der Waals surface area contributed by atoms with Crippen molar-refractivity contribution >= 4 is 28.4 Å². The highest BCUT2D eigenvalue weighted by Gasteiger charge is 2.07. The standard InChI is InChI=1S/C19H19NO2S/c1-14(21)20(22)13-15-7-8-16-9-10-19(12-17(16)11-15)23-18-5-3-2-4-6-18/h3,5-12,22H,2,4,13H2,1H3. The third kappa shape index (κ3) is 4.03. The van der Waals surface area contributed by atoms with Gasteiger partial charge in [-0.25, -0.2) is 5.06 Å². The van der Waals surface area contributed by atoms with Crippen LogP contribution in [0.2, 0.25) is 0 Å². The summed E-state index contributed by atoms with van der Waals surface area (Å²) in [5.41, 5.74) is 0.911. The van der Waals surface area contributed by atoms with Crippen molar-refractivity contribution in [1.82, 2.24) is 5.06 Å². The van der Waals surface area contributed by atoms with E-state index in [9.17, 15) is 10.0 Å². The van der Waals surface area contributed by atoms with Crippen LogP contribution < -0.4 is 0 Å². The molecule has 3 nitrogen and oxygen atoms in total. The Bertz CT molecular complexity index is 795. The first-order chi connectivity index (χ1) is 11.1. The highest BCUT2D eigenvalue weighted by molar-refractivity contribution is 8.03. The lowest BCUT2D eigenvalue weighted by Gasteiger charge is -2.13. The zero-order chi connectivity index (χ0) is 16.2. The molecule has 0 spiro atoms. The molecule has 0 saturated heterocycles. The van der Waals surface area contributed by atoms with E-state index in [0.717, 1.165) is 34.2 Å². The molecule has 0 atom stereocenters. The van der Waals surface area contributed by atoms with Crippen molar-refractivity contribution in [2.45, 2.75) is 31.2 Å². The van der Waals surface area contributed by atoms with Crippen molar-refractivity contribution in [3.8, 4) is 0 Å². The summed E-state index contributed by atoms with van der Waals surface area (Å²) in [6.07, 6.45) is 8.87. The Balaban J connectivity index is 1.84. The van der Waals surface area contributed by atoms with Gasteiger partial charge in [0.05, 0.1) is 6.54 Å². The second-order valence-electron chi connectivity index (χ2n) is 5.61. The highest BCUT2D eigenvalue weighted by Crippen LogP contribution is 2.32. The number of carbonyl (C=O) groups excluding carboxylic acids is 1. The van der Waals surface area contributed by atoms with Gasteiger partial charge in [-0.3, -0.25) is 10.0 Å². The molecule has 2 aromatic carbocycles. The molecule has 118 valence electrons. The number of fused-ring (bicyclic) bond motifs is 1. The fourth-order valence-electron chi connectivity index (χ4n) is 2.52. The predicted octanol–water partition coefficient (Wildman–Crippen LogP) is 4.90. The van der Waals surface area contributed by atoms with E-state index in [0.29, 0.717) is 0 Å². The highest BCUT2D eigenvalue weighted by atomic mass is 32.2. The van der Waals surface area contributed by atoms with Crippen molar-refractivity contribution in [2.24, 2.45) is 0 Å². The number of allylic oxidation sites excluding steroid dienone is 3. The molecule has 4 heteroatoms. The monoisotopic (exact) mass is 325 g/mol. The number of nitrogens with zero attached hydrogens (tertiary/aromatic N) is 1. The molecule has 2 aromatic rings. The van der Waals surface area contributed by atoms with Crippen LogP contribution in [0.1, 0.15) is 25.3 Å². The van der Waals surface area contributed by atoms with Gasteiger partial charge in [0.25, 0.3) is 0 Å². The van der Waals surface area contributed by atoms with Crippen LogP contribution in [-0.4, -0.2) is 16.2 Å². The SMILES string of the molecule is CC(=O)N(O)Cc1ccc2ccc(SC3=CCCC=C3)cc2c1. The summed E-state index contributed by atoms with van der Waals surface area (Å²) in [5.74, 6) is -0.356. The summed E-state index contributed by atoms with van der Waals surface area (Å²) < 4.78 is 0. The normalized spacial score (nSPS) is 13.9. The van der Waals surface area contributed by atoms with Crippen molar-refractivity contribution < 1.29 is 10.0 Å². The Morgan fingerprint density at radius 1 is 1.17 bits per heavy atom. The molecule has 1 aliphatic carbocycles. The maximum Gasteiger partial charge on any atom is 0.243 e. The number of carbonyl (C=O) groups is 1. The van der Waals surface area contributed by atoms with E-state index in [1.54, 1.807) is 11.8 Å². The first kappa shape index (κ1) is 15.8. The van der Waals surface area contributed by atoms with Crippen LogP contribution in [0.15, 0.2) is 64.4 Å². The third-order valence-corrected chi connectivity index (χ3v) is 4.80. The summed E-state index contributed by atoms with van der Waals surface area (Å²) in [6.45, 7) is 1.55. The fourth-order valence-corrected chi connectivity index (χ4v) is 3.48. The zero-order valence-electron chi connectivity index (χ0n) is 13.0. The quantitative estimate of drug-likeness (QED) is 0.642.